The number of primary amides is 1. The molecule has 1 saturated carbocycles. The van der Waals surface area contributed by atoms with E-state index >= 15 is 0 Å². The summed E-state index contributed by atoms with van der Waals surface area (Å²) in [6.45, 7) is 2.46. The predicted octanol–water partition coefficient (Wildman–Crippen LogP) is 4.38. The highest BCUT2D eigenvalue weighted by molar-refractivity contribution is 5.92. The second-order valence-corrected chi connectivity index (χ2v) is 10.5. The quantitative estimate of drug-likeness (QED) is 0.306. The Kier molecular flexibility index (Phi) is 8.24. The number of carbonyl (C=O) groups excluding carboxylic acids is 1. The van der Waals surface area contributed by atoms with E-state index in [1.807, 2.05) is 42.5 Å². The minimum absolute atomic E-state index is 0.0908. The number of oxazole rings is 1. The number of carbonyl (C=O) groups is 1. The summed E-state index contributed by atoms with van der Waals surface area (Å²) in [7, 11) is 4.25. The molecule has 7 nitrogen and oxygen atoms in total. The van der Waals surface area contributed by atoms with Crippen LogP contribution in [-0.4, -0.2) is 47.7 Å². The van der Waals surface area contributed by atoms with Crippen molar-refractivity contribution in [2.45, 2.75) is 50.9 Å². The van der Waals surface area contributed by atoms with Crippen molar-refractivity contribution in [1.82, 2.24) is 4.98 Å². The maximum absolute atomic E-state index is 12.0. The molecule has 1 aromatic heterocycles. The van der Waals surface area contributed by atoms with E-state index in [4.69, 9.17) is 14.9 Å². The molecule has 36 heavy (non-hydrogen) atoms. The van der Waals surface area contributed by atoms with Crippen LogP contribution in [0.15, 0.2) is 65.2 Å². The lowest BCUT2D eigenvalue weighted by Gasteiger charge is -2.36. The summed E-state index contributed by atoms with van der Waals surface area (Å²) in [4.78, 5) is 15.8. The van der Waals surface area contributed by atoms with Crippen LogP contribution in [0.3, 0.4) is 0 Å². The molecule has 3 aromatic rings. The van der Waals surface area contributed by atoms with Gasteiger partial charge in [0.25, 0.3) is 0 Å². The standard InChI is InChI=1S/C29H37N3O4/c1-32(2,17-18-35-21-22-13-15-23(16-14-22)27(30)33)20-26-19-31-28(36-26)29(34,24-9-5-3-6-10-24)25-11-7-4-8-12-25/h3,5-6,9-10,13-16,19,25,34H,4,7-8,11-12,17-18,20-21H2,1-2H3,(H-,30,33)/p+1/t29-/m0/s1. The lowest BCUT2D eigenvalue weighted by molar-refractivity contribution is -0.905. The molecule has 0 spiro atoms. The van der Waals surface area contributed by atoms with Gasteiger partial charge in [-0.25, -0.2) is 4.98 Å². The minimum Gasteiger partial charge on any atom is -0.436 e. The zero-order valence-electron chi connectivity index (χ0n) is 21.4. The van der Waals surface area contributed by atoms with Gasteiger partial charge in [0.05, 0.1) is 33.5 Å². The van der Waals surface area contributed by atoms with E-state index in [0.29, 0.717) is 35.7 Å². The normalized spacial score (nSPS) is 16.5. The molecule has 4 rings (SSSR count). The number of amides is 1. The molecular weight excluding hydrogens is 454 g/mol. The SMILES string of the molecule is C[N+](C)(CCOCc1ccc(C(N)=O)cc1)Cc1cnc([C@](O)(c2ccccc2)C2CCCCC2)o1. The number of aliphatic hydroxyl groups is 1. The molecule has 0 unspecified atom stereocenters. The number of benzene rings is 2. The van der Waals surface area contributed by atoms with Crippen LogP contribution in [0.5, 0.6) is 0 Å². The second-order valence-electron chi connectivity index (χ2n) is 10.5. The number of ether oxygens (including phenoxy) is 1. The average Bonchev–Trinajstić information content (AvgIpc) is 3.35. The summed E-state index contributed by atoms with van der Waals surface area (Å²) >= 11 is 0. The number of hydrogen-bond acceptors (Lipinski definition) is 5. The van der Waals surface area contributed by atoms with E-state index in [9.17, 15) is 9.90 Å². The van der Waals surface area contributed by atoms with Gasteiger partial charge in [-0.05, 0) is 36.1 Å². The molecule has 192 valence electrons. The molecule has 0 saturated heterocycles. The van der Waals surface area contributed by atoms with Gasteiger partial charge in [0.15, 0.2) is 11.4 Å². The van der Waals surface area contributed by atoms with Crippen molar-refractivity contribution in [2.24, 2.45) is 11.7 Å². The molecule has 7 heteroatoms. The van der Waals surface area contributed by atoms with Crippen molar-refractivity contribution >= 4 is 5.91 Å². The highest BCUT2D eigenvalue weighted by Crippen LogP contribution is 2.43. The third-order valence-electron chi connectivity index (χ3n) is 7.22. The van der Waals surface area contributed by atoms with E-state index in [0.717, 1.165) is 49.1 Å². The number of rotatable bonds is 11. The van der Waals surface area contributed by atoms with E-state index in [1.54, 1.807) is 18.3 Å². The zero-order valence-corrected chi connectivity index (χ0v) is 21.4. The molecule has 0 radical (unpaired) electrons. The Morgan fingerprint density at radius 2 is 1.81 bits per heavy atom. The van der Waals surface area contributed by atoms with Gasteiger partial charge in [0.1, 0.15) is 13.1 Å². The van der Waals surface area contributed by atoms with Gasteiger partial charge in [-0.1, -0.05) is 61.7 Å². The van der Waals surface area contributed by atoms with Gasteiger partial charge in [-0.2, -0.15) is 0 Å². The van der Waals surface area contributed by atoms with Crippen LogP contribution in [0.2, 0.25) is 0 Å². The van der Waals surface area contributed by atoms with Crippen molar-refractivity contribution in [3.63, 3.8) is 0 Å². The fourth-order valence-corrected chi connectivity index (χ4v) is 5.07. The lowest BCUT2D eigenvalue weighted by Crippen LogP contribution is -2.41. The highest BCUT2D eigenvalue weighted by Gasteiger charge is 2.44. The van der Waals surface area contributed by atoms with Gasteiger partial charge in [-0.15, -0.1) is 0 Å². The Balaban J connectivity index is 1.37. The van der Waals surface area contributed by atoms with Crippen LogP contribution in [0.1, 0.15) is 65.2 Å². The minimum atomic E-state index is -1.22. The van der Waals surface area contributed by atoms with Gasteiger partial charge in [-0.3, -0.25) is 4.79 Å². The molecule has 1 fully saturated rings. The molecule has 1 amide bonds. The Hall–Kier alpha value is -3.00. The maximum Gasteiger partial charge on any atom is 0.248 e. The summed E-state index contributed by atoms with van der Waals surface area (Å²) in [5, 5.41) is 12.0. The van der Waals surface area contributed by atoms with E-state index in [1.165, 1.54) is 6.42 Å². The Bertz CT molecular complexity index is 1120. The van der Waals surface area contributed by atoms with E-state index in [2.05, 4.69) is 19.1 Å². The first-order chi connectivity index (χ1) is 17.3. The molecule has 1 heterocycles. The molecule has 0 bridgehead atoms. The van der Waals surface area contributed by atoms with Crippen LogP contribution < -0.4 is 5.73 Å². The summed E-state index contributed by atoms with van der Waals surface area (Å²) < 4.78 is 12.8. The average molecular weight is 493 g/mol. The molecule has 0 aliphatic heterocycles. The van der Waals surface area contributed by atoms with Crippen LogP contribution in [0.4, 0.5) is 0 Å². The molecule has 1 aliphatic rings. The Labute approximate surface area is 213 Å². The van der Waals surface area contributed by atoms with Crippen molar-refractivity contribution < 1.29 is 23.5 Å². The van der Waals surface area contributed by atoms with Gasteiger partial charge >= 0.3 is 0 Å². The fraction of sp³-hybridized carbons (Fsp3) is 0.448. The van der Waals surface area contributed by atoms with Gasteiger partial charge in [0, 0.05) is 11.5 Å². The first kappa shape index (κ1) is 26.1. The van der Waals surface area contributed by atoms with E-state index < -0.39 is 11.5 Å². The maximum atomic E-state index is 12.0. The van der Waals surface area contributed by atoms with Crippen LogP contribution in [-0.2, 0) is 23.5 Å². The van der Waals surface area contributed by atoms with Crippen LogP contribution >= 0.6 is 0 Å². The van der Waals surface area contributed by atoms with Crippen molar-refractivity contribution in [2.75, 3.05) is 27.2 Å². The fourth-order valence-electron chi connectivity index (χ4n) is 5.07. The summed E-state index contributed by atoms with van der Waals surface area (Å²) in [6, 6.07) is 17.0. The highest BCUT2D eigenvalue weighted by atomic mass is 16.5. The smallest absolute Gasteiger partial charge is 0.248 e. The number of aromatic nitrogens is 1. The number of likely N-dealkylation sites (N-methyl/N-ethyl adjacent to an activating group) is 1. The Morgan fingerprint density at radius 1 is 1.11 bits per heavy atom. The molecular formula is C29H38N3O4+. The Morgan fingerprint density at radius 3 is 2.47 bits per heavy atom. The largest absolute Gasteiger partial charge is 0.436 e. The first-order valence-corrected chi connectivity index (χ1v) is 12.8. The lowest BCUT2D eigenvalue weighted by atomic mass is 9.73. The third-order valence-corrected chi connectivity index (χ3v) is 7.22. The van der Waals surface area contributed by atoms with Crippen molar-refractivity contribution in [3.8, 4) is 0 Å². The first-order valence-electron chi connectivity index (χ1n) is 12.8. The van der Waals surface area contributed by atoms with Gasteiger partial charge < -0.3 is 24.5 Å². The zero-order chi connectivity index (χ0) is 25.6. The second kappa shape index (κ2) is 11.4. The monoisotopic (exact) mass is 492 g/mol. The third kappa shape index (κ3) is 6.22. The summed E-state index contributed by atoms with van der Waals surface area (Å²) in [5.41, 5.74) is 6.40. The number of quaternary nitrogens is 1. The van der Waals surface area contributed by atoms with Gasteiger partial charge in [0.2, 0.25) is 11.8 Å². The molecule has 2 aromatic carbocycles. The number of hydrogen-bond donors (Lipinski definition) is 2. The molecule has 3 N–H and O–H groups in total. The van der Waals surface area contributed by atoms with Crippen molar-refractivity contribution in [1.29, 1.82) is 0 Å². The van der Waals surface area contributed by atoms with E-state index in [-0.39, 0.29) is 5.92 Å². The topological polar surface area (TPSA) is 98.6 Å². The van der Waals surface area contributed by atoms with Crippen LogP contribution in [0.25, 0.3) is 0 Å². The van der Waals surface area contributed by atoms with Crippen molar-refractivity contribution in [3.05, 3.63) is 89.1 Å². The number of nitrogens with zero attached hydrogens (tertiary/aromatic N) is 2. The summed E-state index contributed by atoms with van der Waals surface area (Å²) in [5.74, 6) is 0.805. The molecule has 1 aliphatic carbocycles. The summed E-state index contributed by atoms with van der Waals surface area (Å²) in [6.07, 6.45) is 7.14. The molecule has 1 atom stereocenters. The van der Waals surface area contributed by atoms with Crippen LogP contribution in [0, 0.1) is 5.92 Å². The number of nitrogens with two attached hydrogens (primary N) is 1. The predicted molar refractivity (Wildman–Crippen MR) is 138 cm³/mol.